The normalized spacial score (nSPS) is 20.4. The van der Waals surface area contributed by atoms with Gasteiger partial charge >= 0.3 is 0 Å². The van der Waals surface area contributed by atoms with Crippen molar-refractivity contribution in [2.45, 2.75) is 26.2 Å². The van der Waals surface area contributed by atoms with E-state index in [9.17, 15) is 4.79 Å². The number of nitrogens with zero attached hydrogens (tertiary/aromatic N) is 4. The van der Waals surface area contributed by atoms with Crippen LogP contribution in [0.25, 0.3) is 5.65 Å². The summed E-state index contributed by atoms with van der Waals surface area (Å²) >= 11 is 0. The molecule has 2 atom stereocenters. The highest BCUT2D eigenvalue weighted by molar-refractivity contribution is 6.08. The smallest absolute Gasteiger partial charge is 0.261 e. The van der Waals surface area contributed by atoms with Crippen LogP contribution in [-0.4, -0.2) is 45.5 Å². The van der Waals surface area contributed by atoms with Gasteiger partial charge in [-0.3, -0.25) is 4.79 Å². The van der Waals surface area contributed by atoms with Crippen LogP contribution in [0.4, 0.5) is 5.69 Å². The molecule has 1 saturated heterocycles. The van der Waals surface area contributed by atoms with Crippen molar-refractivity contribution >= 4 is 17.2 Å². The maximum atomic E-state index is 12.6. The van der Waals surface area contributed by atoms with Crippen LogP contribution in [0.15, 0.2) is 48.9 Å². The van der Waals surface area contributed by atoms with Gasteiger partial charge in [0.1, 0.15) is 5.56 Å². The first kappa shape index (κ1) is 18.6. The number of rotatable bonds is 5. The van der Waals surface area contributed by atoms with Gasteiger partial charge in [-0.05, 0) is 68.5 Å². The number of fused-ring (bicyclic) bond motifs is 1. The van der Waals surface area contributed by atoms with E-state index in [-0.39, 0.29) is 5.91 Å². The molecule has 28 heavy (non-hydrogen) atoms. The maximum Gasteiger partial charge on any atom is 0.261 e. The van der Waals surface area contributed by atoms with Crippen molar-refractivity contribution in [3.63, 3.8) is 0 Å². The highest BCUT2D eigenvalue weighted by Crippen LogP contribution is 2.27. The number of nitrogens with one attached hydrogen (secondary N) is 1. The standard InChI is InChI=1S/C22H27N5O/c1-16-15-26(2)13-10-18(16)7-4-17-5-8-19(9-6-17)25-22(28)20-14-24-27-12-3-11-23-21(20)27/h3,5-6,8-9,11-12,14,16,18H,4,7,10,13,15H2,1-2H3,(H,25,28)/t16-,18+/m0/s1. The zero-order valence-corrected chi connectivity index (χ0v) is 16.5. The van der Waals surface area contributed by atoms with Gasteiger partial charge in [0.25, 0.3) is 5.91 Å². The minimum absolute atomic E-state index is 0.193. The predicted molar refractivity (Wildman–Crippen MR) is 110 cm³/mol. The zero-order valence-electron chi connectivity index (χ0n) is 16.5. The molecule has 1 aromatic carbocycles. The minimum Gasteiger partial charge on any atom is -0.322 e. The Kier molecular flexibility index (Phi) is 5.39. The molecule has 0 spiro atoms. The lowest BCUT2D eigenvalue weighted by Crippen LogP contribution is -2.36. The molecule has 6 nitrogen and oxygen atoms in total. The monoisotopic (exact) mass is 377 g/mol. The zero-order chi connectivity index (χ0) is 19.5. The third-order valence-electron chi connectivity index (χ3n) is 5.83. The number of aromatic nitrogens is 3. The largest absolute Gasteiger partial charge is 0.322 e. The molecule has 1 aliphatic heterocycles. The van der Waals surface area contributed by atoms with Gasteiger partial charge in [0, 0.05) is 24.6 Å². The number of hydrogen-bond donors (Lipinski definition) is 1. The van der Waals surface area contributed by atoms with Crippen molar-refractivity contribution in [2.75, 3.05) is 25.5 Å². The van der Waals surface area contributed by atoms with Crippen LogP contribution in [0.3, 0.4) is 0 Å². The molecule has 1 fully saturated rings. The Morgan fingerprint density at radius 3 is 2.89 bits per heavy atom. The number of aryl methyl sites for hydroxylation is 1. The molecule has 1 aliphatic rings. The Labute approximate surface area is 165 Å². The molecule has 4 rings (SSSR count). The topological polar surface area (TPSA) is 62.5 Å². The number of benzene rings is 1. The first-order chi connectivity index (χ1) is 13.6. The van der Waals surface area contributed by atoms with Crippen molar-refractivity contribution in [3.05, 3.63) is 60.0 Å². The second kappa shape index (κ2) is 8.10. The first-order valence-electron chi connectivity index (χ1n) is 9.97. The number of likely N-dealkylation sites (tertiary alicyclic amines) is 1. The Balaban J connectivity index is 1.35. The van der Waals surface area contributed by atoms with Crippen LogP contribution in [0, 0.1) is 11.8 Å². The molecule has 0 aliphatic carbocycles. The van der Waals surface area contributed by atoms with Crippen molar-refractivity contribution in [1.82, 2.24) is 19.5 Å². The van der Waals surface area contributed by atoms with Crippen LogP contribution in [-0.2, 0) is 6.42 Å². The molecular weight excluding hydrogens is 350 g/mol. The van der Waals surface area contributed by atoms with Gasteiger partial charge in [-0.25, -0.2) is 9.50 Å². The molecule has 2 aromatic heterocycles. The van der Waals surface area contributed by atoms with E-state index in [1.165, 1.54) is 31.5 Å². The second-order valence-electron chi connectivity index (χ2n) is 7.92. The number of amides is 1. The number of carbonyl (C=O) groups excluding carboxylic acids is 1. The maximum absolute atomic E-state index is 12.6. The second-order valence-corrected chi connectivity index (χ2v) is 7.92. The Hall–Kier alpha value is -2.73. The molecule has 146 valence electrons. The van der Waals surface area contributed by atoms with Crippen LogP contribution >= 0.6 is 0 Å². The molecule has 3 aromatic rings. The first-order valence-corrected chi connectivity index (χ1v) is 9.97. The van der Waals surface area contributed by atoms with Gasteiger partial charge in [-0.1, -0.05) is 19.1 Å². The van der Waals surface area contributed by atoms with Gasteiger partial charge < -0.3 is 10.2 Å². The molecule has 1 N–H and O–H groups in total. The highest BCUT2D eigenvalue weighted by Gasteiger charge is 2.23. The number of carbonyl (C=O) groups is 1. The fourth-order valence-electron chi connectivity index (χ4n) is 4.12. The fraction of sp³-hybridized carbons (Fsp3) is 0.409. The average molecular weight is 377 g/mol. The van der Waals surface area contributed by atoms with Crippen LogP contribution in [0.1, 0.15) is 35.7 Å². The van der Waals surface area contributed by atoms with Crippen LogP contribution in [0.5, 0.6) is 0 Å². The van der Waals surface area contributed by atoms with E-state index in [1.54, 1.807) is 29.2 Å². The summed E-state index contributed by atoms with van der Waals surface area (Å²) < 4.78 is 1.60. The minimum atomic E-state index is -0.193. The van der Waals surface area contributed by atoms with Crippen molar-refractivity contribution in [3.8, 4) is 0 Å². The van der Waals surface area contributed by atoms with Gasteiger partial charge in [0.15, 0.2) is 5.65 Å². The Bertz CT molecular complexity index is 949. The van der Waals surface area contributed by atoms with Crippen molar-refractivity contribution in [2.24, 2.45) is 11.8 Å². The molecule has 1 amide bonds. The quantitative estimate of drug-likeness (QED) is 0.739. The van der Waals surface area contributed by atoms with Crippen molar-refractivity contribution in [1.29, 1.82) is 0 Å². The Morgan fingerprint density at radius 1 is 1.29 bits per heavy atom. The number of piperidine rings is 1. The lowest BCUT2D eigenvalue weighted by Gasteiger charge is -2.34. The van der Waals surface area contributed by atoms with Gasteiger partial charge in [0.2, 0.25) is 0 Å². The number of anilines is 1. The highest BCUT2D eigenvalue weighted by atomic mass is 16.1. The van der Waals surface area contributed by atoms with E-state index in [0.29, 0.717) is 11.2 Å². The van der Waals surface area contributed by atoms with E-state index in [2.05, 4.69) is 46.4 Å². The van der Waals surface area contributed by atoms with E-state index < -0.39 is 0 Å². The van der Waals surface area contributed by atoms with E-state index in [0.717, 1.165) is 23.9 Å². The average Bonchev–Trinajstić information content (AvgIpc) is 3.13. The van der Waals surface area contributed by atoms with Crippen LogP contribution < -0.4 is 5.32 Å². The molecule has 0 bridgehead atoms. The summed E-state index contributed by atoms with van der Waals surface area (Å²) in [4.78, 5) is 19.2. The van der Waals surface area contributed by atoms with E-state index in [4.69, 9.17) is 0 Å². The SMILES string of the molecule is C[C@H]1CN(C)CC[C@H]1CCc1ccc(NC(=O)c2cnn3cccnc23)cc1. The molecule has 0 saturated carbocycles. The summed E-state index contributed by atoms with van der Waals surface area (Å²) in [7, 11) is 2.21. The lowest BCUT2D eigenvalue weighted by molar-refractivity contribution is 0.102. The fourth-order valence-corrected chi connectivity index (χ4v) is 4.12. The predicted octanol–water partition coefficient (Wildman–Crippen LogP) is 3.50. The summed E-state index contributed by atoms with van der Waals surface area (Å²) in [6.07, 6.45) is 8.60. The summed E-state index contributed by atoms with van der Waals surface area (Å²) in [6, 6.07) is 9.97. The molecular formula is C22H27N5O. The molecule has 3 heterocycles. The summed E-state index contributed by atoms with van der Waals surface area (Å²) in [5.41, 5.74) is 3.14. The van der Waals surface area contributed by atoms with Gasteiger partial charge in [-0.15, -0.1) is 0 Å². The summed E-state index contributed by atoms with van der Waals surface area (Å²) in [5.74, 6) is 1.37. The summed E-state index contributed by atoms with van der Waals surface area (Å²) in [6.45, 7) is 4.78. The van der Waals surface area contributed by atoms with E-state index >= 15 is 0 Å². The molecule has 0 radical (unpaired) electrons. The Morgan fingerprint density at radius 2 is 2.11 bits per heavy atom. The molecule has 6 heteroatoms. The van der Waals surface area contributed by atoms with Crippen LogP contribution in [0.2, 0.25) is 0 Å². The molecule has 0 unspecified atom stereocenters. The third kappa shape index (κ3) is 4.07. The third-order valence-corrected chi connectivity index (χ3v) is 5.83. The van der Waals surface area contributed by atoms with Gasteiger partial charge in [0.05, 0.1) is 6.20 Å². The van der Waals surface area contributed by atoms with Crippen molar-refractivity contribution < 1.29 is 4.79 Å². The lowest BCUT2D eigenvalue weighted by atomic mass is 9.83. The summed E-state index contributed by atoms with van der Waals surface area (Å²) in [5, 5.41) is 7.11. The number of hydrogen-bond acceptors (Lipinski definition) is 4. The van der Waals surface area contributed by atoms with E-state index in [1.807, 2.05) is 12.1 Å². The van der Waals surface area contributed by atoms with Gasteiger partial charge in [-0.2, -0.15) is 5.10 Å².